The Balaban J connectivity index is 3.10. The normalized spacial score (nSPS) is 10.9. The largest absolute Gasteiger partial charge is 0.258 e. The van der Waals surface area contributed by atoms with Gasteiger partial charge in [-0.3, -0.25) is 0 Å². The number of nitrogens with zero attached hydrogens (tertiary/aromatic N) is 4. The van der Waals surface area contributed by atoms with Crippen LogP contribution in [0.1, 0.15) is 25.6 Å². The van der Waals surface area contributed by atoms with Crippen molar-refractivity contribution >= 4 is 0 Å². The minimum atomic E-state index is 0.477. The summed E-state index contributed by atoms with van der Waals surface area (Å²) in [4.78, 5) is 0. The van der Waals surface area contributed by atoms with Crippen molar-refractivity contribution in [1.29, 1.82) is 0 Å². The van der Waals surface area contributed by atoms with Crippen LogP contribution < -0.4 is 4.68 Å². The lowest BCUT2D eigenvalue weighted by atomic mass is 10.2. The van der Waals surface area contributed by atoms with Crippen molar-refractivity contribution in [3.63, 3.8) is 0 Å². The van der Waals surface area contributed by atoms with Crippen LogP contribution in [0.25, 0.3) is 0 Å². The SMILES string of the molecule is CC(C)c1n(C)nn[n+]1C. The van der Waals surface area contributed by atoms with Crippen molar-refractivity contribution in [2.75, 3.05) is 0 Å². The molecule has 4 nitrogen and oxygen atoms in total. The molecular weight excluding hydrogens is 128 g/mol. The van der Waals surface area contributed by atoms with E-state index in [1.54, 1.807) is 9.36 Å². The molecule has 0 saturated heterocycles. The first-order valence-corrected chi connectivity index (χ1v) is 3.39. The molecule has 0 unspecified atom stereocenters. The predicted octanol–water partition coefficient (Wildman–Crippen LogP) is -0.237. The first-order chi connectivity index (χ1) is 4.63. The van der Waals surface area contributed by atoms with Gasteiger partial charge < -0.3 is 0 Å². The van der Waals surface area contributed by atoms with Crippen molar-refractivity contribution in [3.8, 4) is 0 Å². The van der Waals surface area contributed by atoms with Gasteiger partial charge in [-0.2, -0.15) is 0 Å². The second kappa shape index (κ2) is 2.36. The van der Waals surface area contributed by atoms with Crippen LogP contribution in [0.15, 0.2) is 0 Å². The topological polar surface area (TPSA) is 34.6 Å². The highest BCUT2D eigenvalue weighted by atomic mass is 15.6. The molecule has 0 atom stereocenters. The maximum Gasteiger partial charge on any atom is 0.258 e. The Bertz CT molecular complexity index is 206. The second-order valence-electron chi connectivity index (χ2n) is 2.74. The third kappa shape index (κ3) is 1.01. The van der Waals surface area contributed by atoms with E-state index in [9.17, 15) is 0 Å². The molecule has 0 aliphatic heterocycles. The van der Waals surface area contributed by atoms with Crippen molar-refractivity contribution < 1.29 is 4.68 Å². The number of tetrazole rings is 1. The maximum atomic E-state index is 3.87. The van der Waals surface area contributed by atoms with Crippen LogP contribution in [0.5, 0.6) is 0 Å². The van der Waals surface area contributed by atoms with Gasteiger partial charge in [0.1, 0.15) is 5.21 Å². The molecule has 0 bridgehead atoms. The summed E-state index contributed by atoms with van der Waals surface area (Å²) in [5.41, 5.74) is 0. The minimum Gasteiger partial charge on any atom is -0.140 e. The lowest BCUT2D eigenvalue weighted by Crippen LogP contribution is -2.36. The van der Waals surface area contributed by atoms with Crippen molar-refractivity contribution in [3.05, 3.63) is 5.82 Å². The average molecular weight is 141 g/mol. The van der Waals surface area contributed by atoms with E-state index in [4.69, 9.17) is 0 Å². The molecule has 1 heterocycles. The van der Waals surface area contributed by atoms with Crippen LogP contribution in [0.3, 0.4) is 0 Å². The Hall–Kier alpha value is -0.930. The summed E-state index contributed by atoms with van der Waals surface area (Å²) in [7, 11) is 3.81. The van der Waals surface area contributed by atoms with Crippen molar-refractivity contribution in [1.82, 2.24) is 15.1 Å². The van der Waals surface area contributed by atoms with E-state index in [1.165, 1.54) is 0 Å². The van der Waals surface area contributed by atoms with E-state index in [-0.39, 0.29) is 0 Å². The van der Waals surface area contributed by atoms with Crippen LogP contribution in [0.2, 0.25) is 0 Å². The smallest absolute Gasteiger partial charge is 0.140 e. The summed E-state index contributed by atoms with van der Waals surface area (Å²) in [5, 5.41) is 7.73. The molecule has 0 N–H and O–H groups in total. The van der Waals surface area contributed by atoms with Gasteiger partial charge in [0.2, 0.25) is 0 Å². The molecule has 0 aromatic carbocycles. The Morgan fingerprint density at radius 3 is 2.30 bits per heavy atom. The number of hydrogen-bond acceptors (Lipinski definition) is 2. The van der Waals surface area contributed by atoms with Gasteiger partial charge in [-0.05, 0) is 0 Å². The van der Waals surface area contributed by atoms with Gasteiger partial charge >= 0.3 is 0 Å². The zero-order valence-corrected chi connectivity index (χ0v) is 6.87. The Morgan fingerprint density at radius 2 is 2.10 bits per heavy atom. The zero-order chi connectivity index (χ0) is 7.72. The molecule has 0 amide bonds. The number of rotatable bonds is 1. The fourth-order valence-corrected chi connectivity index (χ4v) is 1.17. The maximum absolute atomic E-state index is 3.87. The summed E-state index contributed by atoms with van der Waals surface area (Å²) in [6.45, 7) is 4.25. The van der Waals surface area contributed by atoms with Crippen LogP contribution in [-0.2, 0) is 14.1 Å². The molecule has 1 aromatic heterocycles. The molecular formula is C6H13N4+. The lowest BCUT2D eigenvalue weighted by molar-refractivity contribution is -0.739. The van der Waals surface area contributed by atoms with Crippen molar-refractivity contribution in [2.45, 2.75) is 19.8 Å². The summed E-state index contributed by atoms with van der Waals surface area (Å²) in [5.74, 6) is 1.62. The molecule has 0 fully saturated rings. The number of aromatic nitrogens is 4. The standard InChI is InChI=1S/C6H13N4/c1-5(2)6-9(3)7-8-10(6)4/h5H,1-4H3/q+1. The first kappa shape index (κ1) is 7.18. The quantitative estimate of drug-likeness (QED) is 0.506. The Kier molecular flexibility index (Phi) is 1.70. The van der Waals surface area contributed by atoms with Gasteiger partial charge in [-0.15, -0.1) is 4.68 Å². The molecule has 1 aromatic rings. The third-order valence-corrected chi connectivity index (χ3v) is 1.49. The second-order valence-corrected chi connectivity index (χ2v) is 2.74. The van der Waals surface area contributed by atoms with E-state index in [0.29, 0.717) is 5.92 Å². The van der Waals surface area contributed by atoms with Crippen LogP contribution in [0.4, 0.5) is 0 Å². The van der Waals surface area contributed by atoms with Crippen molar-refractivity contribution in [2.24, 2.45) is 14.1 Å². The summed E-state index contributed by atoms with van der Waals surface area (Å²) >= 11 is 0. The monoisotopic (exact) mass is 141 g/mol. The van der Waals surface area contributed by atoms with Crippen LogP contribution in [-0.4, -0.2) is 15.1 Å². The molecule has 10 heavy (non-hydrogen) atoms. The van der Waals surface area contributed by atoms with Crippen LogP contribution >= 0.6 is 0 Å². The van der Waals surface area contributed by atoms with E-state index in [1.807, 2.05) is 14.1 Å². The molecule has 4 heteroatoms. The van der Waals surface area contributed by atoms with Gasteiger partial charge in [-0.25, -0.2) is 0 Å². The van der Waals surface area contributed by atoms with Gasteiger partial charge in [0.15, 0.2) is 5.21 Å². The van der Waals surface area contributed by atoms with Gasteiger partial charge in [-0.1, -0.05) is 18.5 Å². The van der Waals surface area contributed by atoms with E-state index in [0.717, 1.165) is 5.82 Å². The summed E-state index contributed by atoms with van der Waals surface area (Å²) in [6.07, 6.45) is 0. The molecule has 0 aliphatic carbocycles. The fourth-order valence-electron chi connectivity index (χ4n) is 1.17. The molecule has 56 valence electrons. The van der Waals surface area contributed by atoms with Gasteiger partial charge in [0, 0.05) is 5.92 Å². The highest BCUT2D eigenvalue weighted by Gasteiger charge is 2.17. The molecule has 0 spiro atoms. The van der Waals surface area contributed by atoms with E-state index >= 15 is 0 Å². The molecule has 0 aliphatic rings. The summed E-state index contributed by atoms with van der Waals surface area (Å²) < 4.78 is 3.59. The highest BCUT2D eigenvalue weighted by molar-refractivity contribution is 4.79. The molecule has 0 radical (unpaired) electrons. The number of hydrogen-bond donors (Lipinski definition) is 0. The Labute approximate surface area is 60.4 Å². The first-order valence-electron chi connectivity index (χ1n) is 3.39. The predicted molar refractivity (Wildman–Crippen MR) is 36.3 cm³/mol. The summed E-state index contributed by atoms with van der Waals surface area (Å²) in [6, 6.07) is 0. The van der Waals surface area contributed by atoms with Gasteiger partial charge in [0.05, 0.1) is 14.1 Å². The van der Waals surface area contributed by atoms with E-state index in [2.05, 4.69) is 24.3 Å². The van der Waals surface area contributed by atoms with E-state index < -0.39 is 0 Å². The highest BCUT2D eigenvalue weighted by Crippen LogP contribution is 2.04. The molecule has 1 rings (SSSR count). The average Bonchev–Trinajstić information content (AvgIpc) is 2.11. The third-order valence-electron chi connectivity index (χ3n) is 1.49. The number of aryl methyl sites for hydroxylation is 2. The lowest BCUT2D eigenvalue weighted by Gasteiger charge is -1.96. The minimum absolute atomic E-state index is 0.477. The zero-order valence-electron chi connectivity index (χ0n) is 6.87. The van der Waals surface area contributed by atoms with Crippen LogP contribution in [0, 0.1) is 0 Å². The van der Waals surface area contributed by atoms with Gasteiger partial charge in [0.25, 0.3) is 5.82 Å². The Morgan fingerprint density at radius 1 is 1.50 bits per heavy atom. The molecule has 0 saturated carbocycles. The fraction of sp³-hybridized carbons (Fsp3) is 0.833.